The van der Waals surface area contributed by atoms with Crippen LogP contribution in [-0.4, -0.2) is 34.6 Å². The molecule has 2 saturated carbocycles. The number of hydrogen-bond acceptors (Lipinski definition) is 2. The van der Waals surface area contributed by atoms with Gasteiger partial charge in [0.1, 0.15) is 6.04 Å². The van der Waals surface area contributed by atoms with Gasteiger partial charge in [-0.3, -0.25) is 9.69 Å². The number of nitrogens with zero attached hydrogens (tertiary/aromatic N) is 1. The SMILES string of the molecule is O=C(O)C(C1CC1)N1CCC2CCCCC21. The van der Waals surface area contributed by atoms with Crippen molar-refractivity contribution in [1.29, 1.82) is 0 Å². The zero-order chi connectivity index (χ0) is 11.1. The highest BCUT2D eigenvalue weighted by atomic mass is 16.4. The number of hydrogen-bond donors (Lipinski definition) is 1. The fourth-order valence-electron chi connectivity index (χ4n) is 3.81. The maximum atomic E-state index is 11.4. The average molecular weight is 223 g/mol. The van der Waals surface area contributed by atoms with Crippen LogP contribution in [-0.2, 0) is 4.79 Å². The van der Waals surface area contributed by atoms with E-state index in [2.05, 4.69) is 4.90 Å². The van der Waals surface area contributed by atoms with Gasteiger partial charge in [-0.15, -0.1) is 0 Å². The third kappa shape index (κ3) is 1.75. The van der Waals surface area contributed by atoms with Crippen LogP contribution >= 0.6 is 0 Å². The second-order valence-electron chi connectivity index (χ2n) is 5.76. The van der Waals surface area contributed by atoms with Gasteiger partial charge in [-0.1, -0.05) is 12.8 Å². The van der Waals surface area contributed by atoms with Crippen molar-refractivity contribution in [2.75, 3.05) is 6.54 Å². The van der Waals surface area contributed by atoms with Gasteiger partial charge in [0, 0.05) is 6.04 Å². The van der Waals surface area contributed by atoms with E-state index < -0.39 is 5.97 Å². The predicted octanol–water partition coefficient (Wildman–Crippen LogP) is 2.11. The first-order chi connectivity index (χ1) is 7.77. The summed E-state index contributed by atoms with van der Waals surface area (Å²) in [4.78, 5) is 13.7. The lowest BCUT2D eigenvalue weighted by molar-refractivity contribution is -0.145. The van der Waals surface area contributed by atoms with E-state index in [4.69, 9.17) is 0 Å². The van der Waals surface area contributed by atoms with E-state index in [-0.39, 0.29) is 6.04 Å². The van der Waals surface area contributed by atoms with Crippen LogP contribution in [0.5, 0.6) is 0 Å². The quantitative estimate of drug-likeness (QED) is 0.796. The molecule has 3 aliphatic rings. The summed E-state index contributed by atoms with van der Waals surface area (Å²) in [5, 5.41) is 9.39. The molecule has 0 aromatic rings. The molecule has 0 amide bonds. The van der Waals surface area contributed by atoms with Crippen LogP contribution in [0.1, 0.15) is 44.9 Å². The number of rotatable bonds is 3. The fraction of sp³-hybridized carbons (Fsp3) is 0.923. The first kappa shape index (κ1) is 10.6. The molecule has 1 heterocycles. The molecule has 0 bridgehead atoms. The van der Waals surface area contributed by atoms with Crippen LogP contribution in [0.25, 0.3) is 0 Å². The van der Waals surface area contributed by atoms with Crippen molar-refractivity contribution in [2.24, 2.45) is 11.8 Å². The molecule has 16 heavy (non-hydrogen) atoms. The number of carboxylic acid groups (broad SMARTS) is 1. The molecule has 0 spiro atoms. The van der Waals surface area contributed by atoms with Crippen LogP contribution in [0.4, 0.5) is 0 Å². The Morgan fingerprint density at radius 3 is 2.56 bits per heavy atom. The Morgan fingerprint density at radius 2 is 1.88 bits per heavy atom. The highest BCUT2D eigenvalue weighted by Crippen LogP contribution is 2.43. The summed E-state index contributed by atoms with van der Waals surface area (Å²) in [6.45, 7) is 1.03. The van der Waals surface area contributed by atoms with Gasteiger partial charge in [0.05, 0.1) is 0 Å². The van der Waals surface area contributed by atoms with E-state index >= 15 is 0 Å². The second kappa shape index (κ2) is 4.02. The molecule has 2 aliphatic carbocycles. The number of fused-ring (bicyclic) bond motifs is 1. The van der Waals surface area contributed by atoms with Crippen LogP contribution < -0.4 is 0 Å². The minimum Gasteiger partial charge on any atom is -0.480 e. The first-order valence-electron chi connectivity index (χ1n) is 6.76. The molecule has 0 aromatic carbocycles. The topological polar surface area (TPSA) is 40.5 Å². The minimum atomic E-state index is -0.575. The number of carbonyl (C=O) groups is 1. The Bertz CT molecular complexity index is 288. The van der Waals surface area contributed by atoms with Crippen molar-refractivity contribution in [3.8, 4) is 0 Å². The van der Waals surface area contributed by atoms with Gasteiger partial charge in [0.15, 0.2) is 0 Å². The molecule has 3 fully saturated rings. The highest BCUT2D eigenvalue weighted by molar-refractivity contribution is 5.74. The number of likely N-dealkylation sites (tertiary alicyclic amines) is 1. The lowest BCUT2D eigenvalue weighted by Gasteiger charge is -2.35. The van der Waals surface area contributed by atoms with Gasteiger partial charge in [-0.05, 0) is 50.5 Å². The maximum Gasteiger partial charge on any atom is 0.321 e. The maximum absolute atomic E-state index is 11.4. The van der Waals surface area contributed by atoms with Crippen molar-refractivity contribution < 1.29 is 9.90 Å². The molecular formula is C13H21NO2. The Kier molecular flexibility index (Phi) is 2.66. The Balaban J connectivity index is 1.75. The van der Waals surface area contributed by atoms with Crippen molar-refractivity contribution in [2.45, 2.75) is 57.0 Å². The molecule has 0 aromatic heterocycles. The van der Waals surface area contributed by atoms with Crippen molar-refractivity contribution in [1.82, 2.24) is 4.90 Å². The standard InChI is InChI=1S/C13H21NO2/c15-13(16)12(10-5-6-10)14-8-7-9-3-1-2-4-11(9)14/h9-12H,1-8H2,(H,15,16). The third-order valence-electron chi connectivity index (χ3n) is 4.73. The smallest absolute Gasteiger partial charge is 0.321 e. The normalized spacial score (nSPS) is 37.0. The molecule has 3 atom stereocenters. The van der Waals surface area contributed by atoms with E-state index in [1.54, 1.807) is 0 Å². The Morgan fingerprint density at radius 1 is 1.12 bits per heavy atom. The lowest BCUT2D eigenvalue weighted by atomic mass is 9.85. The molecule has 3 nitrogen and oxygen atoms in total. The largest absolute Gasteiger partial charge is 0.480 e. The molecule has 1 aliphatic heterocycles. The average Bonchev–Trinajstić information content (AvgIpc) is 3.00. The van der Waals surface area contributed by atoms with Crippen LogP contribution in [0.2, 0.25) is 0 Å². The van der Waals surface area contributed by atoms with Crippen LogP contribution in [0, 0.1) is 11.8 Å². The van der Waals surface area contributed by atoms with Crippen LogP contribution in [0.15, 0.2) is 0 Å². The minimum absolute atomic E-state index is 0.159. The summed E-state index contributed by atoms with van der Waals surface area (Å²) >= 11 is 0. The molecular weight excluding hydrogens is 202 g/mol. The van der Waals surface area contributed by atoms with E-state index in [0.29, 0.717) is 12.0 Å². The predicted molar refractivity (Wildman–Crippen MR) is 61.2 cm³/mol. The summed E-state index contributed by atoms with van der Waals surface area (Å²) in [6, 6.07) is 0.434. The molecule has 90 valence electrons. The third-order valence-corrected chi connectivity index (χ3v) is 4.73. The summed E-state index contributed by atoms with van der Waals surface area (Å²) in [6.07, 6.45) is 8.72. The molecule has 1 saturated heterocycles. The molecule has 3 unspecified atom stereocenters. The monoisotopic (exact) mass is 223 g/mol. The van der Waals surface area contributed by atoms with Gasteiger partial charge >= 0.3 is 5.97 Å². The molecule has 1 N–H and O–H groups in total. The van der Waals surface area contributed by atoms with Gasteiger partial charge in [0.2, 0.25) is 0 Å². The molecule has 3 rings (SSSR count). The summed E-state index contributed by atoms with van der Waals surface area (Å²) in [5.41, 5.74) is 0. The lowest BCUT2D eigenvalue weighted by Crippen LogP contribution is -2.47. The van der Waals surface area contributed by atoms with E-state index in [0.717, 1.165) is 25.3 Å². The van der Waals surface area contributed by atoms with Gasteiger partial charge < -0.3 is 5.11 Å². The second-order valence-corrected chi connectivity index (χ2v) is 5.76. The van der Waals surface area contributed by atoms with Crippen molar-refractivity contribution in [3.05, 3.63) is 0 Å². The highest BCUT2D eigenvalue weighted by Gasteiger charge is 2.47. The molecule has 0 radical (unpaired) electrons. The first-order valence-corrected chi connectivity index (χ1v) is 6.76. The van der Waals surface area contributed by atoms with Crippen molar-refractivity contribution >= 4 is 5.97 Å². The van der Waals surface area contributed by atoms with Crippen LogP contribution in [0.3, 0.4) is 0 Å². The Hall–Kier alpha value is -0.570. The summed E-state index contributed by atoms with van der Waals surface area (Å²) in [5.74, 6) is 0.682. The summed E-state index contributed by atoms with van der Waals surface area (Å²) in [7, 11) is 0. The number of carboxylic acids is 1. The molecule has 3 heteroatoms. The van der Waals surface area contributed by atoms with E-state index in [1.807, 2.05) is 0 Å². The van der Waals surface area contributed by atoms with Gasteiger partial charge in [-0.25, -0.2) is 0 Å². The van der Waals surface area contributed by atoms with E-state index in [9.17, 15) is 9.90 Å². The van der Waals surface area contributed by atoms with Gasteiger partial charge in [-0.2, -0.15) is 0 Å². The summed E-state index contributed by atoms with van der Waals surface area (Å²) < 4.78 is 0. The fourth-order valence-corrected chi connectivity index (χ4v) is 3.81. The van der Waals surface area contributed by atoms with E-state index in [1.165, 1.54) is 32.1 Å². The number of aliphatic carboxylic acids is 1. The zero-order valence-electron chi connectivity index (χ0n) is 9.77. The van der Waals surface area contributed by atoms with Crippen molar-refractivity contribution in [3.63, 3.8) is 0 Å². The Labute approximate surface area is 96.8 Å². The van der Waals surface area contributed by atoms with Gasteiger partial charge in [0.25, 0.3) is 0 Å². The zero-order valence-corrected chi connectivity index (χ0v) is 9.77.